The zero-order valence-electron chi connectivity index (χ0n) is 10.4. The number of halogens is 1. The second-order valence-electron chi connectivity index (χ2n) is 4.12. The summed E-state index contributed by atoms with van der Waals surface area (Å²) in [7, 11) is 0. The molecular formula is C16H13ClN2. The van der Waals surface area contributed by atoms with Gasteiger partial charge in [0.25, 0.3) is 0 Å². The summed E-state index contributed by atoms with van der Waals surface area (Å²) >= 11 is 5.93. The third kappa shape index (κ3) is 3.37. The first-order chi connectivity index (χ1) is 9.20. The van der Waals surface area contributed by atoms with Gasteiger partial charge in [-0.05, 0) is 29.3 Å². The van der Waals surface area contributed by atoms with Crippen LogP contribution in [-0.2, 0) is 0 Å². The van der Waals surface area contributed by atoms with Crippen LogP contribution in [0, 0.1) is 11.3 Å². The lowest BCUT2D eigenvalue weighted by Gasteiger charge is -2.11. The molecule has 0 atom stereocenters. The molecule has 3 heteroatoms. The average molecular weight is 269 g/mol. The lowest BCUT2D eigenvalue weighted by Crippen LogP contribution is -2.04. The van der Waals surface area contributed by atoms with Crippen LogP contribution >= 0.6 is 11.6 Å². The minimum absolute atomic E-state index is 0.568. The van der Waals surface area contributed by atoms with Crippen molar-refractivity contribution in [3.05, 3.63) is 71.3 Å². The number of hydrogen-bond donors (Lipinski definition) is 1. The normalized spacial score (nSPS) is 9.68. The largest absolute Gasteiger partial charge is 0.380 e. The molecule has 0 radical (unpaired) electrons. The van der Waals surface area contributed by atoms with Crippen LogP contribution in [0.3, 0.4) is 0 Å². The highest BCUT2D eigenvalue weighted by Crippen LogP contribution is 2.21. The van der Waals surface area contributed by atoms with Crippen LogP contribution in [0.5, 0.6) is 0 Å². The van der Waals surface area contributed by atoms with Gasteiger partial charge in [0.05, 0.1) is 11.3 Å². The molecule has 0 aliphatic rings. The van der Waals surface area contributed by atoms with Gasteiger partial charge < -0.3 is 5.32 Å². The number of anilines is 1. The third-order valence-corrected chi connectivity index (χ3v) is 3.01. The summed E-state index contributed by atoms with van der Waals surface area (Å²) in [5.74, 6) is 0. The second-order valence-corrected chi connectivity index (χ2v) is 4.56. The predicted octanol–water partition coefficient (Wildman–Crippen LogP) is 4.34. The minimum atomic E-state index is 0.568. The van der Waals surface area contributed by atoms with Gasteiger partial charge in [0.1, 0.15) is 6.07 Å². The van der Waals surface area contributed by atoms with Crippen LogP contribution in [0.1, 0.15) is 11.1 Å². The van der Waals surface area contributed by atoms with Crippen LogP contribution in [0.2, 0.25) is 5.02 Å². The fourth-order valence-electron chi connectivity index (χ4n) is 1.74. The number of nitrogens with one attached hydrogen (secondary N) is 1. The molecule has 0 aliphatic heterocycles. The van der Waals surface area contributed by atoms with Crippen molar-refractivity contribution in [2.24, 2.45) is 0 Å². The number of benzene rings is 2. The van der Waals surface area contributed by atoms with Gasteiger partial charge in [-0.25, -0.2) is 0 Å². The Morgan fingerprint density at radius 3 is 2.63 bits per heavy atom. The Bertz CT molecular complexity index is 627. The van der Waals surface area contributed by atoms with E-state index in [9.17, 15) is 0 Å². The Balaban J connectivity index is 2.09. The van der Waals surface area contributed by atoms with E-state index in [2.05, 4.69) is 18.0 Å². The van der Waals surface area contributed by atoms with Crippen molar-refractivity contribution in [1.82, 2.24) is 0 Å². The Kier molecular flexibility index (Phi) is 4.22. The van der Waals surface area contributed by atoms with Gasteiger partial charge in [-0.2, -0.15) is 5.26 Å². The van der Waals surface area contributed by atoms with Crippen molar-refractivity contribution < 1.29 is 0 Å². The first kappa shape index (κ1) is 13.2. The van der Waals surface area contributed by atoms with Gasteiger partial charge in [0.2, 0.25) is 0 Å². The molecule has 94 valence electrons. The summed E-state index contributed by atoms with van der Waals surface area (Å²) in [6.07, 6.45) is 0. The molecule has 0 fully saturated rings. The van der Waals surface area contributed by atoms with Crippen molar-refractivity contribution in [1.29, 1.82) is 5.26 Å². The molecule has 0 saturated carbocycles. The Labute approximate surface area is 118 Å². The maximum atomic E-state index is 9.04. The van der Waals surface area contributed by atoms with Crippen LogP contribution in [0.4, 0.5) is 5.69 Å². The molecule has 19 heavy (non-hydrogen) atoms. The molecule has 2 rings (SSSR count). The summed E-state index contributed by atoms with van der Waals surface area (Å²) in [6.45, 7) is 4.61. The summed E-state index contributed by atoms with van der Waals surface area (Å²) in [4.78, 5) is 0. The molecule has 0 saturated heterocycles. The van der Waals surface area contributed by atoms with E-state index in [1.54, 1.807) is 18.2 Å². The molecule has 0 bridgehead atoms. The highest BCUT2D eigenvalue weighted by atomic mass is 35.5. The number of nitriles is 1. The Morgan fingerprint density at radius 1 is 1.21 bits per heavy atom. The molecule has 1 N–H and O–H groups in total. The summed E-state index contributed by atoms with van der Waals surface area (Å²) in [5.41, 5.74) is 3.34. The molecule has 2 nitrogen and oxygen atoms in total. The van der Waals surface area contributed by atoms with Crippen molar-refractivity contribution in [2.45, 2.75) is 0 Å². The Hall–Kier alpha value is -2.24. The maximum Gasteiger partial charge on any atom is 0.101 e. The Morgan fingerprint density at radius 2 is 1.95 bits per heavy atom. The zero-order chi connectivity index (χ0) is 13.7. The monoisotopic (exact) mass is 268 g/mol. The van der Waals surface area contributed by atoms with Crippen molar-refractivity contribution in [2.75, 3.05) is 11.9 Å². The lowest BCUT2D eigenvalue weighted by atomic mass is 10.1. The topological polar surface area (TPSA) is 35.8 Å². The molecule has 2 aromatic rings. The molecule has 0 amide bonds. The number of rotatable bonds is 4. The average Bonchev–Trinajstić information content (AvgIpc) is 2.46. The van der Waals surface area contributed by atoms with Gasteiger partial charge >= 0.3 is 0 Å². The van der Waals surface area contributed by atoms with Gasteiger partial charge in [0, 0.05) is 11.6 Å². The van der Waals surface area contributed by atoms with E-state index in [0.717, 1.165) is 16.8 Å². The molecule has 0 aromatic heterocycles. The lowest BCUT2D eigenvalue weighted by molar-refractivity contribution is 1.33. The maximum absolute atomic E-state index is 9.04. The van der Waals surface area contributed by atoms with E-state index < -0.39 is 0 Å². The first-order valence-corrected chi connectivity index (χ1v) is 6.25. The molecule has 2 aromatic carbocycles. The highest BCUT2D eigenvalue weighted by Gasteiger charge is 2.04. The first-order valence-electron chi connectivity index (χ1n) is 5.87. The molecule has 0 aliphatic carbocycles. The quantitative estimate of drug-likeness (QED) is 0.895. The number of nitrogens with zero attached hydrogens (tertiary/aromatic N) is 1. The van der Waals surface area contributed by atoms with Gasteiger partial charge in [0.15, 0.2) is 0 Å². The smallest absolute Gasteiger partial charge is 0.101 e. The highest BCUT2D eigenvalue weighted by molar-refractivity contribution is 6.30. The van der Waals surface area contributed by atoms with E-state index in [1.807, 2.05) is 30.3 Å². The summed E-state index contributed by atoms with van der Waals surface area (Å²) in [6, 6.07) is 17.2. The van der Waals surface area contributed by atoms with E-state index in [4.69, 9.17) is 16.9 Å². The standard InChI is InChI=1S/C16H13ClN2/c1-12(13-5-3-2-4-6-13)11-19-16-9-15(17)8-7-14(16)10-18/h2-9,19H,1,11H2. The summed E-state index contributed by atoms with van der Waals surface area (Å²) in [5, 5.41) is 12.8. The zero-order valence-corrected chi connectivity index (χ0v) is 11.1. The fraction of sp³-hybridized carbons (Fsp3) is 0.0625. The molecule has 0 heterocycles. The van der Waals surface area contributed by atoms with Gasteiger partial charge in [-0.15, -0.1) is 0 Å². The molecule has 0 spiro atoms. The second kappa shape index (κ2) is 6.08. The predicted molar refractivity (Wildman–Crippen MR) is 80.1 cm³/mol. The van der Waals surface area contributed by atoms with Crippen LogP contribution in [-0.4, -0.2) is 6.54 Å². The number of hydrogen-bond acceptors (Lipinski definition) is 2. The van der Waals surface area contributed by atoms with E-state index in [1.165, 1.54) is 0 Å². The van der Waals surface area contributed by atoms with E-state index in [-0.39, 0.29) is 0 Å². The van der Waals surface area contributed by atoms with Crippen molar-refractivity contribution in [3.8, 4) is 6.07 Å². The van der Waals surface area contributed by atoms with Crippen LogP contribution in [0.15, 0.2) is 55.1 Å². The minimum Gasteiger partial charge on any atom is -0.380 e. The van der Waals surface area contributed by atoms with Crippen molar-refractivity contribution in [3.63, 3.8) is 0 Å². The summed E-state index contributed by atoms with van der Waals surface area (Å²) < 4.78 is 0. The fourth-order valence-corrected chi connectivity index (χ4v) is 1.91. The SMILES string of the molecule is C=C(CNc1cc(Cl)ccc1C#N)c1ccccc1. The van der Waals surface area contributed by atoms with Crippen LogP contribution < -0.4 is 5.32 Å². The molecular weight excluding hydrogens is 256 g/mol. The van der Waals surface area contributed by atoms with Crippen molar-refractivity contribution >= 4 is 22.9 Å². The van der Waals surface area contributed by atoms with Gasteiger partial charge in [-0.3, -0.25) is 0 Å². The molecule has 0 unspecified atom stereocenters. The van der Waals surface area contributed by atoms with Crippen LogP contribution in [0.25, 0.3) is 5.57 Å². The van der Waals surface area contributed by atoms with E-state index in [0.29, 0.717) is 17.1 Å². The van der Waals surface area contributed by atoms with Gasteiger partial charge in [-0.1, -0.05) is 48.5 Å². The van der Waals surface area contributed by atoms with E-state index >= 15 is 0 Å². The third-order valence-electron chi connectivity index (χ3n) is 2.78.